The van der Waals surface area contributed by atoms with Crippen LogP contribution in [0.15, 0.2) is 22.8 Å². The van der Waals surface area contributed by atoms with E-state index in [1.165, 1.54) is 25.5 Å². The van der Waals surface area contributed by atoms with Gasteiger partial charge < -0.3 is 20.2 Å². The topological polar surface area (TPSA) is 109 Å². The van der Waals surface area contributed by atoms with Crippen molar-refractivity contribution in [2.24, 2.45) is 5.92 Å². The number of furan rings is 1. The van der Waals surface area contributed by atoms with Gasteiger partial charge in [-0.05, 0) is 30.9 Å². The summed E-state index contributed by atoms with van der Waals surface area (Å²) in [6, 6.07) is 3.06. The van der Waals surface area contributed by atoms with Gasteiger partial charge in [-0.15, -0.1) is 0 Å². The maximum Gasteiger partial charge on any atom is 0.303 e. The van der Waals surface area contributed by atoms with Crippen LogP contribution in [0.25, 0.3) is 0 Å². The first kappa shape index (κ1) is 20.0. The van der Waals surface area contributed by atoms with Gasteiger partial charge >= 0.3 is 5.97 Å². The lowest BCUT2D eigenvalue weighted by molar-refractivity contribution is -0.137. The summed E-state index contributed by atoms with van der Waals surface area (Å²) < 4.78 is 4.99. The van der Waals surface area contributed by atoms with Crippen LogP contribution in [0.5, 0.6) is 0 Å². The van der Waals surface area contributed by atoms with E-state index in [9.17, 15) is 14.4 Å². The van der Waals surface area contributed by atoms with Crippen LogP contribution in [-0.2, 0) is 9.59 Å². The minimum Gasteiger partial charge on any atom is -0.481 e. The Labute approximate surface area is 153 Å². The largest absolute Gasteiger partial charge is 0.481 e. The summed E-state index contributed by atoms with van der Waals surface area (Å²) in [7, 11) is 0. The molecule has 1 aromatic rings. The van der Waals surface area contributed by atoms with Crippen molar-refractivity contribution < 1.29 is 23.9 Å². The third-order valence-electron chi connectivity index (χ3n) is 4.80. The molecule has 0 aromatic carbocycles. The molecule has 1 aliphatic carbocycles. The van der Waals surface area contributed by atoms with E-state index in [-0.39, 0.29) is 43.0 Å². The van der Waals surface area contributed by atoms with Gasteiger partial charge in [0.25, 0.3) is 5.91 Å². The number of amides is 2. The molecule has 1 aliphatic rings. The van der Waals surface area contributed by atoms with Gasteiger partial charge in [-0.1, -0.05) is 32.1 Å². The zero-order valence-electron chi connectivity index (χ0n) is 15.0. The number of carbonyl (C=O) groups is 3. The van der Waals surface area contributed by atoms with Crippen LogP contribution in [0, 0.1) is 5.92 Å². The molecule has 7 nitrogen and oxygen atoms in total. The fraction of sp³-hybridized carbons (Fsp3) is 0.632. The molecule has 7 heteroatoms. The fourth-order valence-electron chi connectivity index (χ4n) is 3.46. The summed E-state index contributed by atoms with van der Waals surface area (Å²) in [4.78, 5) is 34.8. The van der Waals surface area contributed by atoms with E-state index in [0.717, 1.165) is 19.3 Å². The Bertz CT molecular complexity index is 579. The van der Waals surface area contributed by atoms with Crippen LogP contribution < -0.4 is 10.6 Å². The molecule has 144 valence electrons. The van der Waals surface area contributed by atoms with Crippen LogP contribution in [0.3, 0.4) is 0 Å². The fourth-order valence-corrected chi connectivity index (χ4v) is 3.46. The molecule has 0 radical (unpaired) electrons. The number of rotatable bonds is 10. The van der Waals surface area contributed by atoms with Gasteiger partial charge in [0.1, 0.15) is 0 Å². The highest BCUT2D eigenvalue weighted by atomic mass is 16.4. The number of aliphatic carboxylic acids is 1. The van der Waals surface area contributed by atoms with Crippen LogP contribution in [0.2, 0.25) is 0 Å². The second-order valence-corrected chi connectivity index (χ2v) is 6.92. The molecule has 0 aliphatic heterocycles. The minimum atomic E-state index is -0.849. The summed E-state index contributed by atoms with van der Waals surface area (Å²) in [6.07, 6.45) is 8.88. The second kappa shape index (κ2) is 10.6. The van der Waals surface area contributed by atoms with Gasteiger partial charge in [-0.3, -0.25) is 14.4 Å². The Hall–Kier alpha value is -2.31. The van der Waals surface area contributed by atoms with Gasteiger partial charge in [-0.25, -0.2) is 0 Å². The highest BCUT2D eigenvalue weighted by molar-refractivity contribution is 5.91. The van der Waals surface area contributed by atoms with E-state index in [1.807, 2.05) is 0 Å². The Morgan fingerprint density at radius 3 is 2.62 bits per heavy atom. The summed E-state index contributed by atoms with van der Waals surface area (Å²) in [5, 5.41) is 14.5. The molecule has 0 saturated heterocycles. The lowest BCUT2D eigenvalue weighted by Crippen LogP contribution is -2.38. The summed E-state index contributed by atoms with van der Waals surface area (Å²) in [6.45, 7) is 0.209. The van der Waals surface area contributed by atoms with E-state index in [2.05, 4.69) is 10.6 Å². The summed E-state index contributed by atoms with van der Waals surface area (Å²) in [5.74, 6) is -0.606. The average molecular weight is 364 g/mol. The maximum atomic E-state index is 12.2. The summed E-state index contributed by atoms with van der Waals surface area (Å²) in [5.41, 5.74) is 0. The van der Waals surface area contributed by atoms with Gasteiger partial charge in [0.2, 0.25) is 5.91 Å². The first-order valence-corrected chi connectivity index (χ1v) is 9.37. The normalized spacial score (nSPS) is 16.0. The molecule has 0 bridgehead atoms. The Morgan fingerprint density at radius 1 is 1.19 bits per heavy atom. The molecule has 1 atom stereocenters. The van der Waals surface area contributed by atoms with Crippen molar-refractivity contribution in [2.75, 3.05) is 6.54 Å². The number of carbonyl (C=O) groups excluding carboxylic acids is 2. The van der Waals surface area contributed by atoms with E-state index >= 15 is 0 Å². The summed E-state index contributed by atoms with van der Waals surface area (Å²) >= 11 is 0. The van der Waals surface area contributed by atoms with Crippen molar-refractivity contribution in [3.8, 4) is 0 Å². The van der Waals surface area contributed by atoms with Crippen molar-refractivity contribution in [1.29, 1.82) is 0 Å². The molecule has 2 rings (SSSR count). The van der Waals surface area contributed by atoms with Gasteiger partial charge in [0.15, 0.2) is 5.76 Å². The molecular formula is C19H28N2O5. The molecule has 26 heavy (non-hydrogen) atoms. The highest BCUT2D eigenvalue weighted by Gasteiger charge is 2.21. The van der Waals surface area contributed by atoms with Crippen molar-refractivity contribution in [3.63, 3.8) is 0 Å². The van der Waals surface area contributed by atoms with Crippen molar-refractivity contribution >= 4 is 17.8 Å². The first-order chi connectivity index (χ1) is 12.5. The van der Waals surface area contributed by atoms with Crippen molar-refractivity contribution in [2.45, 2.75) is 63.8 Å². The number of carboxylic acid groups (broad SMARTS) is 1. The van der Waals surface area contributed by atoms with E-state index < -0.39 is 5.97 Å². The van der Waals surface area contributed by atoms with E-state index in [1.54, 1.807) is 12.1 Å². The molecule has 1 unspecified atom stereocenters. The lowest BCUT2D eigenvalue weighted by atomic mass is 9.84. The third kappa shape index (κ3) is 7.29. The molecule has 0 spiro atoms. The number of nitrogens with one attached hydrogen (secondary N) is 2. The average Bonchev–Trinajstić information content (AvgIpc) is 3.15. The quantitative estimate of drug-likeness (QED) is 0.591. The maximum absolute atomic E-state index is 12.2. The molecule has 3 N–H and O–H groups in total. The minimum absolute atomic E-state index is 0.0485. The predicted molar refractivity (Wildman–Crippen MR) is 95.7 cm³/mol. The highest BCUT2D eigenvalue weighted by Crippen LogP contribution is 2.28. The molecular weight excluding hydrogens is 336 g/mol. The smallest absolute Gasteiger partial charge is 0.303 e. The zero-order chi connectivity index (χ0) is 18.8. The van der Waals surface area contributed by atoms with Crippen molar-refractivity contribution in [1.82, 2.24) is 10.6 Å². The van der Waals surface area contributed by atoms with Crippen LogP contribution in [0.1, 0.15) is 68.3 Å². The number of carboxylic acids is 1. The molecule has 1 saturated carbocycles. The number of hydrogen-bond donors (Lipinski definition) is 3. The molecule has 1 aromatic heterocycles. The third-order valence-corrected chi connectivity index (χ3v) is 4.80. The Balaban J connectivity index is 1.74. The SMILES string of the molecule is O=C(O)CCC(CC1CCCCC1)NC(=O)CCNC(=O)c1ccco1. The monoisotopic (exact) mass is 364 g/mol. The zero-order valence-corrected chi connectivity index (χ0v) is 15.0. The van der Waals surface area contributed by atoms with Gasteiger partial charge in [0, 0.05) is 25.4 Å². The number of hydrogen-bond acceptors (Lipinski definition) is 4. The molecule has 1 fully saturated rings. The molecule has 2 amide bonds. The van der Waals surface area contributed by atoms with Crippen LogP contribution in [0.4, 0.5) is 0 Å². The second-order valence-electron chi connectivity index (χ2n) is 6.92. The van der Waals surface area contributed by atoms with Crippen LogP contribution in [-0.4, -0.2) is 35.5 Å². The lowest BCUT2D eigenvalue weighted by Gasteiger charge is -2.27. The first-order valence-electron chi connectivity index (χ1n) is 9.37. The van der Waals surface area contributed by atoms with E-state index in [0.29, 0.717) is 12.3 Å². The Kier molecular flexibility index (Phi) is 8.18. The standard InChI is InChI=1S/C19H28N2O5/c22-17(10-11-20-19(25)16-7-4-12-26-16)21-15(8-9-18(23)24)13-14-5-2-1-3-6-14/h4,7,12,14-15H,1-3,5-6,8-11,13H2,(H,20,25)(H,21,22)(H,23,24). The van der Waals surface area contributed by atoms with E-state index in [4.69, 9.17) is 9.52 Å². The van der Waals surface area contributed by atoms with Gasteiger partial charge in [-0.2, -0.15) is 0 Å². The van der Waals surface area contributed by atoms with Gasteiger partial charge in [0.05, 0.1) is 6.26 Å². The predicted octanol–water partition coefficient (Wildman–Crippen LogP) is 2.72. The van der Waals surface area contributed by atoms with Crippen molar-refractivity contribution in [3.05, 3.63) is 24.2 Å². The van der Waals surface area contributed by atoms with Crippen LogP contribution >= 0.6 is 0 Å². The molecule has 1 heterocycles. The Morgan fingerprint density at radius 2 is 1.96 bits per heavy atom.